The van der Waals surface area contributed by atoms with Crippen LogP contribution in [0, 0.1) is 12.3 Å². The Hall–Kier alpha value is -1.65. The van der Waals surface area contributed by atoms with Gasteiger partial charge in [-0.1, -0.05) is 6.92 Å². The van der Waals surface area contributed by atoms with E-state index in [0.717, 1.165) is 5.69 Å². The Morgan fingerprint density at radius 3 is 2.67 bits per heavy atom. The summed E-state index contributed by atoms with van der Waals surface area (Å²) < 4.78 is 0. The van der Waals surface area contributed by atoms with E-state index < -0.39 is 11.4 Å². The monoisotopic (exact) mass is 249 g/mol. The van der Waals surface area contributed by atoms with Crippen molar-refractivity contribution in [1.82, 2.24) is 9.97 Å². The summed E-state index contributed by atoms with van der Waals surface area (Å²) in [4.78, 5) is 22.1. The summed E-state index contributed by atoms with van der Waals surface area (Å²) in [5.41, 5.74) is 0.380. The van der Waals surface area contributed by atoms with Crippen LogP contribution in [0.15, 0.2) is 12.3 Å². The van der Waals surface area contributed by atoms with E-state index in [1.165, 1.54) is 0 Å². The number of hydrogen-bond donors (Lipinski definition) is 1. The maximum absolute atomic E-state index is 11.4. The number of aryl methyl sites for hydroxylation is 1. The Bertz CT molecular complexity index is 440. The van der Waals surface area contributed by atoms with Gasteiger partial charge in [-0.15, -0.1) is 0 Å². The quantitative estimate of drug-likeness (QED) is 0.885. The average molecular weight is 249 g/mol. The molecule has 0 unspecified atom stereocenters. The van der Waals surface area contributed by atoms with Crippen molar-refractivity contribution < 1.29 is 9.90 Å². The molecule has 1 saturated heterocycles. The van der Waals surface area contributed by atoms with Crippen molar-refractivity contribution in [2.75, 3.05) is 18.0 Å². The summed E-state index contributed by atoms with van der Waals surface area (Å²) in [5, 5.41) is 9.34. The molecule has 0 spiro atoms. The molecule has 1 aliphatic heterocycles. The van der Waals surface area contributed by atoms with Crippen LogP contribution in [-0.4, -0.2) is 34.1 Å². The van der Waals surface area contributed by atoms with Gasteiger partial charge in [-0.2, -0.15) is 0 Å². The molecular formula is C13H19N3O2. The van der Waals surface area contributed by atoms with Crippen LogP contribution in [0.2, 0.25) is 0 Å². The minimum Gasteiger partial charge on any atom is -0.481 e. The van der Waals surface area contributed by atoms with Gasteiger partial charge in [0, 0.05) is 25.0 Å². The first-order valence-electron chi connectivity index (χ1n) is 6.35. The second-order valence-corrected chi connectivity index (χ2v) is 4.92. The van der Waals surface area contributed by atoms with Gasteiger partial charge in [0.25, 0.3) is 0 Å². The predicted octanol–water partition coefficient (Wildman–Crippen LogP) is 1.87. The van der Waals surface area contributed by atoms with Crippen molar-refractivity contribution in [3.63, 3.8) is 0 Å². The molecule has 1 aromatic rings. The molecule has 1 fully saturated rings. The van der Waals surface area contributed by atoms with Gasteiger partial charge in [0.1, 0.15) is 0 Å². The SMILES string of the molecule is CCC1(C(=O)O)CCN(c2nccc(C)n2)CC1. The van der Waals surface area contributed by atoms with Gasteiger partial charge in [0.2, 0.25) is 5.95 Å². The molecule has 5 heteroatoms. The highest BCUT2D eigenvalue weighted by molar-refractivity contribution is 5.75. The van der Waals surface area contributed by atoms with Crippen molar-refractivity contribution in [1.29, 1.82) is 0 Å². The summed E-state index contributed by atoms with van der Waals surface area (Å²) >= 11 is 0. The van der Waals surface area contributed by atoms with E-state index >= 15 is 0 Å². The van der Waals surface area contributed by atoms with Crippen molar-refractivity contribution in [3.05, 3.63) is 18.0 Å². The van der Waals surface area contributed by atoms with Gasteiger partial charge in [0.05, 0.1) is 5.41 Å². The lowest BCUT2D eigenvalue weighted by Crippen LogP contribution is -2.44. The van der Waals surface area contributed by atoms with Gasteiger partial charge < -0.3 is 10.0 Å². The lowest BCUT2D eigenvalue weighted by Gasteiger charge is -2.38. The van der Waals surface area contributed by atoms with E-state index in [9.17, 15) is 9.90 Å². The molecule has 1 aromatic heterocycles. The second-order valence-electron chi connectivity index (χ2n) is 4.92. The molecule has 0 saturated carbocycles. The standard InChI is InChI=1S/C13H19N3O2/c1-3-13(11(17)18)5-8-16(9-6-13)12-14-7-4-10(2)15-12/h4,7H,3,5-6,8-9H2,1-2H3,(H,17,18). The number of nitrogens with zero attached hydrogens (tertiary/aromatic N) is 3. The third-order valence-electron chi connectivity index (χ3n) is 3.92. The summed E-state index contributed by atoms with van der Waals surface area (Å²) in [5.74, 6) is 0.0416. The topological polar surface area (TPSA) is 66.3 Å². The summed E-state index contributed by atoms with van der Waals surface area (Å²) in [6, 6.07) is 1.86. The molecule has 1 N–H and O–H groups in total. The molecule has 2 heterocycles. The Morgan fingerprint density at radius 2 is 2.17 bits per heavy atom. The molecule has 0 bridgehead atoms. The lowest BCUT2D eigenvalue weighted by atomic mass is 9.76. The van der Waals surface area contributed by atoms with E-state index in [4.69, 9.17) is 0 Å². The predicted molar refractivity (Wildman–Crippen MR) is 68.6 cm³/mol. The van der Waals surface area contributed by atoms with Crippen LogP contribution in [-0.2, 0) is 4.79 Å². The largest absolute Gasteiger partial charge is 0.481 e. The highest BCUT2D eigenvalue weighted by Gasteiger charge is 2.40. The number of aromatic nitrogens is 2. The van der Waals surface area contributed by atoms with Crippen LogP contribution in [0.1, 0.15) is 31.9 Å². The third kappa shape index (κ3) is 2.30. The maximum atomic E-state index is 11.4. The van der Waals surface area contributed by atoms with Crippen LogP contribution in [0.25, 0.3) is 0 Å². The van der Waals surface area contributed by atoms with Crippen molar-refractivity contribution in [2.24, 2.45) is 5.41 Å². The zero-order chi connectivity index (χ0) is 13.2. The first-order valence-corrected chi connectivity index (χ1v) is 6.35. The molecule has 98 valence electrons. The van der Waals surface area contributed by atoms with Crippen LogP contribution in [0.5, 0.6) is 0 Å². The van der Waals surface area contributed by atoms with E-state index in [-0.39, 0.29) is 0 Å². The minimum absolute atomic E-state index is 0.555. The minimum atomic E-state index is -0.671. The number of rotatable bonds is 3. The molecule has 0 aromatic carbocycles. The van der Waals surface area contributed by atoms with Gasteiger partial charge in [0.15, 0.2) is 0 Å². The van der Waals surface area contributed by atoms with Crippen LogP contribution in [0.4, 0.5) is 5.95 Å². The first kappa shape index (κ1) is 12.8. The number of anilines is 1. The molecule has 0 radical (unpaired) electrons. The molecule has 0 atom stereocenters. The zero-order valence-corrected chi connectivity index (χ0v) is 10.9. The molecular weight excluding hydrogens is 230 g/mol. The maximum Gasteiger partial charge on any atom is 0.309 e. The fourth-order valence-corrected chi connectivity index (χ4v) is 2.44. The average Bonchev–Trinajstić information content (AvgIpc) is 2.38. The number of hydrogen-bond acceptors (Lipinski definition) is 4. The van der Waals surface area contributed by atoms with E-state index in [1.54, 1.807) is 6.20 Å². The summed E-state index contributed by atoms with van der Waals surface area (Å²) in [6.07, 6.45) is 3.76. The number of aliphatic carboxylic acids is 1. The third-order valence-corrected chi connectivity index (χ3v) is 3.92. The van der Waals surface area contributed by atoms with Crippen molar-refractivity contribution in [2.45, 2.75) is 33.1 Å². The van der Waals surface area contributed by atoms with Gasteiger partial charge in [-0.25, -0.2) is 9.97 Å². The lowest BCUT2D eigenvalue weighted by molar-refractivity contribution is -0.150. The second kappa shape index (κ2) is 4.92. The summed E-state index contributed by atoms with van der Waals surface area (Å²) in [6.45, 7) is 5.31. The smallest absolute Gasteiger partial charge is 0.309 e. The number of carboxylic acids is 1. The van der Waals surface area contributed by atoms with Crippen LogP contribution >= 0.6 is 0 Å². The first-order chi connectivity index (χ1) is 8.57. The Labute approximate surface area is 107 Å². The van der Waals surface area contributed by atoms with E-state index in [0.29, 0.717) is 38.3 Å². The summed E-state index contributed by atoms with van der Waals surface area (Å²) in [7, 11) is 0. The van der Waals surface area contributed by atoms with Crippen LogP contribution < -0.4 is 4.90 Å². The highest BCUT2D eigenvalue weighted by atomic mass is 16.4. The Balaban J connectivity index is 2.09. The Morgan fingerprint density at radius 1 is 1.50 bits per heavy atom. The number of piperidine rings is 1. The molecule has 5 nitrogen and oxygen atoms in total. The highest BCUT2D eigenvalue weighted by Crippen LogP contribution is 2.35. The Kier molecular flexibility index (Phi) is 3.50. The zero-order valence-electron chi connectivity index (χ0n) is 10.9. The van der Waals surface area contributed by atoms with E-state index in [1.807, 2.05) is 19.9 Å². The van der Waals surface area contributed by atoms with E-state index in [2.05, 4.69) is 14.9 Å². The molecule has 1 aliphatic rings. The molecule has 0 amide bonds. The fourth-order valence-electron chi connectivity index (χ4n) is 2.44. The van der Waals surface area contributed by atoms with Crippen molar-refractivity contribution >= 4 is 11.9 Å². The molecule has 18 heavy (non-hydrogen) atoms. The molecule has 0 aliphatic carbocycles. The number of carboxylic acid groups (broad SMARTS) is 1. The van der Waals surface area contributed by atoms with Gasteiger partial charge >= 0.3 is 5.97 Å². The van der Waals surface area contributed by atoms with Gasteiger partial charge in [-0.3, -0.25) is 4.79 Å². The van der Waals surface area contributed by atoms with Gasteiger partial charge in [-0.05, 0) is 32.3 Å². The molecule has 2 rings (SSSR count). The normalized spacial score (nSPS) is 18.7. The van der Waals surface area contributed by atoms with Crippen LogP contribution in [0.3, 0.4) is 0 Å². The fraction of sp³-hybridized carbons (Fsp3) is 0.615. The van der Waals surface area contributed by atoms with Crippen molar-refractivity contribution in [3.8, 4) is 0 Å². The number of carbonyl (C=O) groups is 1.